The van der Waals surface area contributed by atoms with Gasteiger partial charge in [-0.25, -0.2) is 0 Å². The Morgan fingerprint density at radius 3 is 2.34 bits per heavy atom. The normalized spacial score (nSPS) is 19.3. The number of ether oxygens (including phenoxy) is 1. The summed E-state index contributed by atoms with van der Waals surface area (Å²) < 4.78 is 5.26. The highest BCUT2D eigenvalue weighted by Crippen LogP contribution is 2.30. The largest absolute Gasteiger partial charge is 0.497 e. The number of likely N-dealkylation sites (tertiary alicyclic amines) is 2. The molecule has 0 spiro atoms. The summed E-state index contributed by atoms with van der Waals surface area (Å²) in [4.78, 5) is 16.9. The molecule has 0 bridgehead atoms. The SMILES string of the molecule is COc1ccc(C2CCN(CC(O)C3CCN(C(=O)/C=C/c4ccc(Cl)c(Cl)c4)CC3)CC2)cc1. The van der Waals surface area contributed by atoms with Crippen molar-refractivity contribution in [1.29, 1.82) is 0 Å². The predicted octanol–water partition coefficient (Wildman–Crippen LogP) is 5.49. The molecule has 7 heteroatoms. The number of methoxy groups -OCH3 is 1. The van der Waals surface area contributed by atoms with E-state index in [9.17, 15) is 9.90 Å². The lowest BCUT2D eigenvalue weighted by atomic mass is 9.88. The van der Waals surface area contributed by atoms with E-state index in [4.69, 9.17) is 27.9 Å². The second-order valence-corrected chi connectivity index (χ2v) is 10.4. The highest BCUT2D eigenvalue weighted by Gasteiger charge is 2.29. The number of aliphatic hydroxyl groups is 1. The number of piperidine rings is 2. The van der Waals surface area contributed by atoms with Crippen LogP contribution in [-0.2, 0) is 4.79 Å². The highest BCUT2D eigenvalue weighted by molar-refractivity contribution is 6.42. The van der Waals surface area contributed by atoms with Gasteiger partial charge in [-0.05, 0) is 92.1 Å². The Morgan fingerprint density at radius 1 is 1.03 bits per heavy atom. The van der Waals surface area contributed by atoms with Gasteiger partial charge in [0.25, 0.3) is 0 Å². The molecule has 2 aliphatic rings. The summed E-state index contributed by atoms with van der Waals surface area (Å²) in [5.74, 6) is 1.69. The van der Waals surface area contributed by atoms with Gasteiger partial charge in [-0.3, -0.25) is 4.79 Å². The van der Waals surface area contributed by atoms with E-state index in [1.54, 1.807) is 31.4 Å². The first kappa shape index (κ1) is 26.0. The van der Waals surface area contributed by atoms with Gasteiger partial charge >= 0.3 is 0 Å². The molecule has 1 atom stereocenters. The number of benzene rings is 2. The lowest BCUT2D eigenvalue weighted by Gasteiger charge is -2.38. The number of hydrogen-bond acceptors (Lipinski definition) is 4. The molecule has 2 saturated heterocycles. The first-order valence-corrected chi connectivity index (χ1v) is 13.1. The molecule has 1 unspecified atom stereocenters. The summed E-state index contributed by atoms with van der Waals surface area (Å²) >= 11 is 12.0. The number of rotatable bonds is 7. The van der Waals surface area contributed by atoms with Crippen molar-refractivity contribution in [2.75, 3.05) is 39.8 Å². The van der Waals surface area contributed by atoms with Gasteiger partial charge in [0, 0.05) is 25.7 Å². The lowest BCUT2D eigenvalue weighted by molar-refractivity contribution is -0.128. The van der Waals surface area contributed by atoms with E-state index in [-0.39, 0.29) is 17.9 Å². The minimum atomic E-state index is -0.350. The van der Waals surface area contributed by atoms with Gasteiger partial charge in [-0.15, -0.1) is 0 Å². The molecule has 0 aromatic heterocycles. The maximum absolute atomic E-state index is 12.6. The van der Waals surface area contributed by atoms with Crippen LogP contribution in [-0.4, -0.2) is 66.8 Å². The van der Waals surface area contributed by atoms with Crippen LogP contribution in [0, 0.1) is 5.92 Å². The average molecular weight is 517 g/mol. The molecule has 188 valence electrons. The second kappa shape index (κ2) is 12.3. The standard InChI is InChI=1S/C28H34Cl2N2O3/c1-35-24-6-4-21(5-7-24)22-10-14-31(15-11-22)19-27(33)23-12-16-32(17-13-23)28(34)9-3-20-2-8-25(29)26(30)18-20/h2-9,18,22-23,27,33H,10-17,19H2,1H3/b9-3+. The van der Waals surface area contributed by atoms with Gasteiger partial charge in [0.05, 0.1) is 23.3 Å². The van der Waals surface area contributed by atoms with Crippen LogP contribution in [0.15, 0.2) is 48.5 Å². The van der Waals surface area contributed by atoms with Crippen LogP contribution in [0.4, 0.5) is 0 Å². The predicted molar refractivity (Wildman–Crippen MR) is 142 cm³/mol. The zero-order chi connectivity index (χ0) is 24.8. The number of hydrogen-bond donors (Lipinski definition) is 1. The van der Waals surface area contributed by atoms with Gasteiger partial charge in [-0.1, -0.05) is 41.4 Å². The Hall–Kier alpha value is -2.05. The maximum Gasteiger partial charge on any atom is 0.246 e. The summed E-state index contributed by atoms with van der Waals surface area (Å²) in [5, 5.41) is 11.9. The maximum atomic E-state index is 12.6. The fraction of sp³-hybridized carbons (Fsp3) is 0.464. The quantitative estimate of drug-likeness (QED) is 0.494. The van der Waals surface area contributed by atoms with Gasteiger partial charge in [0.2, 0.25) is 5.91 Å². The molecular formula is C28H34Cl2N2O3. The number of nitrogens with zero attached hydrogens (tertiary/aromatic N) is 2. The lowest BCUT2D eigenvalue weighted by Crippen LogP contribution is -2.45. The van der Waals surface area contributed by atoms with Gasteiger partial charge in [0.15, 0.2) is 0 Å². The van der Waals surface area contributed by atoms with E-state index in [1.165, 1.54) is 5.56 Å². The molecule has 0 aliphatic carbocycles. The van der Waals surface area contributed by atoms with Crippen LogP contribution in [0.5, 0.6) is 5.75 Å². The summed E-state index contributed by atoms with van der Waals surface area (Å²) in [6.45, 7) is 4.07. The molecule has 2 fully saturated rings. The Balaban J connectivity index is 1.19. The van der Waals surface area contributed by atoms with E-state index >= 15 is 0 Å². The fourth-order valence-electron chi connectivity index (χ4n) is 5.13. The third kappa shape index (κ3) is 7.01. The summed E-state index contributed by atoms with van der Waals surface area (Å²) in [6, 6.07) is 13.7. The molecular weight excluding hydrogens is 483 g/mol. The van der Waals surface area contributed by atoms with Crippen molar-refractivity contribution in [2.45, 2.75) is 37.7 Å². The topological polar surface area (TPSA) is 53.0 Å². The molecule has 4 rings (SSSR count). The van der Waals surface area contributed by atoms with E-state index in [1.807, 2.05) is 23.1 Å². The van der Waals surface area contributed by atoms with Crippen molar-refractivity contribution in [3.05, 3.63) is 69.7 Å². The number of amides is 1. The third-order valence-corrected chi connectivity index (χ3v) is 8.12. The molecule has 2 aromatic rings. The molecule has 5 nitrogen and oxygen atoms in total. The molecule has 35 heavy (non-hydrogen) atoms. The zero-order valence-electron chi connectivity index (χ0n) is 20.2. The number of halogens is 2. The Bertz CT molecular complexity index is 1010. The molecule has 2 aliphatic heterocycles. The molecule has 1 amide bonds. The molecule has 0 radical (unpaired) electrons. The average Bonchev–Trinajstić information content (AvgIpc) is 2.89. The first-order chi connectivity index (χ1) is 16.9. The smallest absolute Gasteiger partial charge is 0.246 e. The zero-order valence-corrected chi connectivity index (χ0v) is 21.7. The van der Waals surface area contributed by atoms with Crippen LogP contribution in [0.25, 0.3) is 6.08 Å². The molecule has 2 heterocycles. The Kier molecular flexibility index (Phi) is 9.12. The van der Waals surface area contributed by atoms with Crippen LogP contribution in [0.2, 0.25) is 10.0 Å². The summed E-state index contributed by atoms with van der Waals surface area (Å²) in [7, 11) is 1.69. The van der Waals surface area contributed by atoms with E-state index in [2.05, 4.69) is 17.0 Å². The van der Waals surface area contributed by atoms with Crippen molar-refractivity contribution in [3.63, 3.8) is 0 Å². The Morgan fingerprint density at radius 2 is 1.71 bits per heavy atom. The van der Waals surface area contributed by atoms with Crippen molar-refractivity contribution in [3.8, 4) is 5.75 Å². The number of carbonyl (C=O) groups is 1. The van der Waals surface area contributed by atoms with Crippen molar-refractivity contribution in [1.82, 2.24) is 9.80 Å². The minimum Gasteiger partial charge on any atom is -0.497 e. The number of carbonyl (C=O) groups excluding carboxylic acids is 1. The number of aliphatic hydroxyl groups excluding tert-OH is 1. The fourth-order valence-corrected chi connectivity index (χ4v) is 5.44. The Labute approximate surface area is 218 Å². The van der Waals surface area contributed by atoms with Crippen LogP contribution in [0.1, 0.15) is 42.7 Å². The van der Waals surface area contributed by atoms with Crippen molar-refractivity contribution >= 4 is 35.2 Å². The van der Waals surface area contributed by atoms with Crippen LogP contribution >= 0.6 is 23.2 Å². The molecule has 2 aromatic carbocycles. The molecule has 0 saturated carbocycles. The summed E-state index contributed by atoms with van der Waals surface area (Å²) in [6.07, 6.45) is 6.88. The van der Waals surface area contributed by atoms with Crippen molar-refractivity contribution in [2.24, 2.45) is 5.92 Å². The number of β-amino-alcohol motifs (C(OH)–C–C–N with tert-alkyl or cyclic N) is 1. The third-order valence-electron chi connectivity index (χ3n) is 7.38. The van der Waals surface area contributed by atoms with Crippen molar-refractivity contribution < 1.29 is 14.6 Å². The second-order valence-electron chi connectivity index (χ2n) is 9.58. The van der Waals surface area contributed by atoms with Crippen LogP contribution < -0.4 is 4.74 Å². The van der Waals surface area contributed by atoms with E-state index in [0.29, 0.717) is 35.6 Å². The van der Waals surface area contributed by atoms with E-state index < -0.39 is 0 Å². The highest BCUT2D eigenvalue weighted by atomic mass is 35.5. The monoisotopic (exact) mass is 516 g/mol. The van der Waals surface area contributed by atoms with Gasteiger partial charge in [-0.2, -0.15) is 0 Å². The first-order valence-electron chi connectivity index (χ1n) is 12.4. The van der Waals surface area contributed by atoms with Gasteiger partial charge < -0.3 is 19.6 Å². The van der Waals surface area contributed by atoms with E-state index in [0.717, 1.165) is 50.1 Å². The molecule has 1 N–H and O–H groups in total. The minimum absolute atomic E-state index is 0.00961. The van der Waals surface area contributed by atoms with Gasteiger partial charge in [0.1, 0.15) is 5.75 Å². The summed E-state index contributed by atoms with van der Waals surface area (Å²) in [5.41, 5.74) is 2.21. The van der Waals surface area contributed by atoms with Crippen LogP contribution in [0.3, 0.4) is 0 Å².